The molecule has 1 aromatic rings. The Morgan fingerprint density at radius 1 is 1.30 bits per heavy atom. The third-order valence-electron chi connectivity index (χ3n) is 3.38. The average molecular weight is 321 g/mol. The van der Waals surface area contributed by atoms with Crippen LogP contribution in [0.1, 0.15) is 18.1 Å². The predicted octanol–water partition coefficient (Wildman–Crippen LogP) is 3.81. The first-order valence-corrected chi connectivity index (χ1v) is 8.62. The number of hydrogen-bond donors (Lipinski definition) is 1. The minimum atomic E-state index is -4.29. The topological polar surface area (TPSA) is 26.0 Å². The van der Waals surface area contributed by atoms with Gasteiger partial charge in [0.1, 0.15) is 0 Å². The van der Waals surface area contributed by atoms with Crippen molar-refractivity contribution < 1.29 is 13.2 Å². The van der Waals surface area contributed by atoms with Gasteiger partial charge < -0.3 is 5.73 Å². The Kier molecular flexibility index (Phi) is 5.31. The maximum atomic E-state index is 12.7. The van der Waals surface area contributed by atoms with E-state index < -0.39 is 11.7 Å². The average Bonchev–Trinajstić information content (AvgIpc) is 2.38. The summed E-state index contributed by atoms with van der Waals surface area (Å²) in [6.45, 7) is 2.15. The molecule has 1 aromatic carbocycles. The molecule has 3 unspecified atom stereocenters. The molecule has 1 nitrogen and oxygen atoms in total. The number of thioether (sulfide) groups is 2. The molecule has 1 aliphatic heterocycles. The van der Waals surface area contributed by atoms with Gasteiger partial charge in [-0.1, -0.05) is 25.1 Å². The maximum Gasteiger partial charge on any atom is 0.416 e. The Morgan fingerprint density at radius 3 is 2.65 bits per heavy atom. The first-order valence-electron chi connectivity index (χ1n) is 6.53. The Bertz CT molecular complexity index is 450. The summed E-state index contributed by atoms with van der Waals surface area (Å²) in [6, 6.07) is 5.39. The van der Waals surface area contributed by atoms with Crippen molar-refractivity contribution in [1.82, 2.24) is 0 Å². The Hall–Kier alpha value is -0.330. The number of rotatable bonds is 3. The molecular weight excluding hydrogens is 303 g/mol. The van der Waals surface area contributed by atoms with E-state index in [1.807, 2.05) is 23.5 Å². The van der Waals surface area contributed by atoms with Crippen molar-refractivity contribution >= 4 is 23.5 Å². The summed E-state index contributed by atoms with van der Waals surface area (Å²) in [5.74, 6) is 2.19. The normalized spacial score (nSPS) is 25.4. The highest BCUT2D eigenvalue weighted by Gasteiger charge is 2.31. The van der Waals surface area contributed by atoms with Crippen molar-refractivity contribution in [2.24, 2.45) is 5.73 Å². The molecule has 0 bridgehead atoms. The summed E-state index contributed by atoms with van der Waals surface area (Å²) in [7, 11) is 0. The van der Waals surface area contributed by atoms with Gasteiger partial charge in [0.15, 0.2) is 0 Å². The van der Waals surface area contributed by atoms with Crippen LogP contribution in [0.4, 0.5) is 13.2 Å². The van der Waals surface area contributed by atoms with E-state index in [0.717, 1.165) is 17.6 Å². The van der Waals surface area contributed by atoms with Gasteiger partial charge in [0.05, 0.1) is 5.56 Å². The number of hydrogen-bond acceptors (Lipinski definition) is 3. The zero-order chi connectivity index (χ0) is 14.8. The first kappa shape index (κ1) is 16.0. The van der Waals surface area contributed by atoms with Crippen LogP contribution in [0.3, 0.4) is 0 Å². The zero-order valence-electron chi connectivity index (χ0n) is 11.2. The molecule has 0 radical (unpaired) electrons. The van der Waals surface area contributed by atoms with Crippen molar-refractivity contribution in [2.45, 2.75) is 36.1 Å². The Morgan fingerprint density at radius 2 is 2.00 bits per heavy atom. The molecule has 1 saturated heterocycles. The van der Waals surface area contributed by atoms with Crippen LogP contribution in [-0.2, 0) is 12.6 Å². The van der Waals surface area contributed by atoms with Gasteiger partial charge in [0, 0.05) is 28.0 Å². The van der Waals surface area contributed by atoms with Crippen LogP contribution in [-0.4, -0.2) is 28.0 Å². The molecule has 0 amide bonds. The van der Waals surface area contributed by atoms with Gasteiger partial charge in [-0.2, -0.15) is 36.7 Å². The summed E-state index contributed by atoms with van der Waals surface area (Å²) >= 11 is 3.73. The fourth-order valence-corrected chi connectivity index (χ4v) is 5.27. The van der Waals surface area contributed by atoms with Crippen molar-refractivity contribution in [3.8, 4) is 0 Å². The highest BCUT2D eigenvalue weighted by atomic mass is 32.2. The van der Waals surface area contributed by atoms with Gasteiger partial charge in [-0.15, -0.1) is 0 Å². The molecule has 1 heterocycles. The molecule has 2 N–H and O–H groups in total. The Balaban J connectivity index is 2.05. The zero-order valence-corrected chi connectivity index (χ0v) is 12.8. The van der Waals surface area contributed by atoms with E-state index in [0.29, 0.717) is 22.5 Å². The third-order valence-corrected chi connectivity index (χ3v) is 6.66. The van der Waals surface area contributed by atoms with Gasteiger partial charge in [0.2, 0.25) is 0 Å². The number of nitrogens with two attached hydrogens (primary N) is 1. The van der Waals surface area contributed by atoms with Gasteiger partial charge in [-0.05, 0) is 18.1 Å². The van der Waals surface area contributed by atoms with Crippen molar-refractivity contribution in [3.05, 3.63) is 35.4 Å². The lowest BCUT2D eigenvalue weighted by Crippen LogP contribution is -2.42. The van der Waals surface area contributed by atoms with Crippen LogP contribution in [0, 0.1) is 0 Å². The monoisotopic (exact) mass is 321 g/mol. The molecule has 20 heavy (non-hydrogen) atoms. The lowest BCUT2D eigenvalue weighted by Gasteiger charge is -2.32. The van der Waals surface area contributed by atoms with Gasteiger partial charge >= 0.3 is 6.18 Å². The second-order valence-electron chi connectivity index (χ2n) is 4.98. The van der Waals surface area contributed by atoms with Crippen LogP contribution in [0.5, 0.6) is 0 Å². The van der Waals surface area contributed by atoms with E-state index in [-0.39, 0.29) is 6.04 Å². The van der Waals surface area contributed by atoms with E-state index in [1.54, 1.807) is 6.07 Å². The lowest BCUT2D eigenvalue weighted by molar-refractivity contribution is -0.137. The molecule has 3 atom stereocenters. The van der Waals surface area contributed by atoms with Gasteiger partial charge in [-0.25, -0.2) is 0 Å². The van der Waals surface area contributed by atoms with E-state index in [4.69, 9.17) is 5.73 Å². The number of alkyl halides is 3. The van der Waals surface area contributed by atoms with Crippen molar-refractivity contribution in [1.29, 1.82) is 0 Å². The number of benzene rings is 1. The summed E-state index contributed by atoms with van der Waals surface area (Å²) in [5.41, 5.74) is 6.28. The maximum absolute atomic E-state index is 12.7. The van der Waals surface area contributed by atoms with E-state index >= 15 is 0 Å². The van der Waals surface area contributed by atoms with E-state index in [9.17, 15) is 13.2 Å². The SMILES string of the molecule is CC1SCCSC1C(N)Cc1cccc(C(F)(F)F)c1. The van der Waals surface area contributed by atoms with Crippen LogP contribution in [0.15, 0.2) is 24.3 Å². The standard InChI is InChI=1S/C14H18F3NS2/c1-9-13(20-6-5-19-9)12(18)8-10-3-2-4-11(7-10)14(15,16)17/h2-4,7,9,12-13H,5-6,8,18H2,1H3. The fourth-order valence-electron chi connectivity index (χ4n) is 2.38. The quantitative estimate of drug-likeness (QED) is 0.917. The summed E-state index contributed by atoms with van der Waals surface area (Å²) in [6.07, 6.45) is -3.80. The molecule has 112 valence electrons. The predicted molar refractivity (Wildman–Crippen MR) is 81.3 cm³/mol. The van der Waals surface area contributed by atoms with Crippen LogP contribution in [0.2, 0.25) is 0 Å². The third kappa shape index (κ3) is 4.09. The fraction of sp³-hybridized carbons (Fsp3) is 0.571. The molecule has 0 aliphatic carbocycles. The largest absolute Gasteiger partial charge is 0.416 e. The van der Waals surface area contributed by atoms with Crippen molar-refractivity contribution in [2.75, 3.05) is 11.5 Å². The molecular formula is C14H18F3NS2. The minimum Gasteiger partial charge on any atom is -0.326 e. The lowest BCUT2D eigenvalue weighted by atomic mass is 10.0. The van der Waals surface area contributed by atoms with E-state index in [2.05, 4.69) is 6.92 Å². The smallest absolute Gasteiger partial charge is 0.326 e. The second kappa shape index (κ2) is 6.62. The van der Waals surface area contributed by atoms with Crippen LogP contribution >= 0.6 is 23.5 Å². The molecule has 6 heteroatoms. The highest BCUT2D eigenvalue weighted by Crippen LogP contribution is 2.34. The van der Waals surface area contributed by atoms with Gasteiger partial charge in [-0.3, -0.25) is 0 Å². The Labute approximate surface area is 125 Å². The van der Waals surface area contributed by atoms with E-state index in [1.165, 1.54) is 12.1 Å². The molecule has 1 fully saturated rings. The van der Waals surface area contributed by atoms with Gasteiger partial charge in [0.25, 0.3) is 0 Å². The number of halogens is 3. The molecule has 2 rings (SSSR count). The molecule has 0 saturated carbocycles. The second-order valence-corrected chi connectivity index (χ2v) is 7.75. The molecule has 1 aliphatic rings. The first-order chi connectivity index (χ1) is 9.38. The summed E-state index contributed by atoms with van der Waals surface area (Å²) < 4.78 is 38.0. The highest BCUT2D eigenvalue weighted by molar-refractivity contribution is 8.07. The molecule has 0 spiro atoms. The van der Waals surface area contributed by atoms with Crippen molar-refractivity contribution in [3.63, 3.8) is 0 Å². The van der Waals surface area contributed by atoms with Crippen LogP contribution < -0.4 is 5.73 Å². The minimum absolute atomic E-state index is 0.105. The summed E-state index contributed by atoms with van der Waals surface area (Å²) in [5, 5.41) is 0.762. The molecule has 0 aromatic heterocycles. The summed E-state index contributed by atoms with van der Waals surface area (Å²) in [4.78, 5) is 0. The van der Waals surface area contributed by atoms with Crippen LogP contribution in [0.25, 0.3) is 0 Å².